The van der Waals surface area contributed by atoms with Gasteiger partial charge >= 0.3 is 0 Å². The highest BCUT2D eigenvalue weighted by Gasteiger charge is 2.39. The van der Waals surface area contributed by atoms with Crippen molar-refractivity contribution in [2.45, 2.75) is 57.7 Å². The highest BCUT2D eigenvalue weighted by atomic mass is 16.7. The van der Waals surface area contributed by atoms with Crippen molar-refractivity contribution < 1.29 is 19.1 Å². The SMILES string of the molecule is COc1ccc(C2=NOC(C)(C(C)=O)C2)cc1OC1CCCC1. The molecule has 23 heavy (non-hydrogen) atoms. The Morgan fingerprint density at radius 2 is 2.04 bits per heavy atom. The summed E-state index contributed by atoms with van der Waals surface area (Å²) >= 11 is 0. The normalized spacial score (nSPS) is 24.2. The molecular weight excluding hydrogens is 294 g/mol. The Bertz CT molecular complexity index is 634. The Morgan fingerprint density at radius 3 is 2.65 bits per heavy atom. The van der Waals surface area contributed by atoms with Crippen LogP contribution in [0.1, 0.15) is 51.5 Å². The van der Waals surface area contributed by atoms with Crippen molar-refractivity contribution in [1.82, 2.24) is 0 Å². The van der Waals surface area contributed by atoms with Crippen molar-refractivity contribution in [1.29, 1.82) is 0 Å². The summed E-state index contributed by atoms with van der Waals surface area (Å²) in [6.07, 6.45) is 5.31. The molecule has 124 valence electrons. The Kier molecular flexibility index (Phi) is 4.28. The molecule has 5 heteroatoms. The molecule has 0 saturated heterocycles. The zero-order valence-electron chi connectivity index (χ0n) is 13.9. The lowest BCUT2D eigenvalue weighted by atomic mass is 9.93. The third-order valence-electron chi connectivity index (χ3n) is 4.70. The molecular formula is C18H23NO4. The maximum atomic E-state index is 11.7. The quantitative estimate of drug-likeness (QED) is 0.834. The Labute approximate surface area is 136 Å². The first-order valence-electron chi connectivity index (χ1n) is 8.13. The Balaban J connectivity index is 1.82. The molecule has 0 bridgehead atoms. The van der Waals surface area contributed by atoms with Gasteiger partial charge in [-0.15, -0.1) is 0 Å². The first-order valence-corrected chi connectivity index (χ1v) is 8.13. The van der Waals surface area contributed by atoms with Crippen LogP contribution in [0.5, 0.6) is 11.5 Å². The van der Waals surface area contributed by atoms with Gasteiger partial charge in [-0.1, -0.05) is 5.16 Å². The number of ether oxygens (including phenoxy) is 2. The molecule has 1 aromatic carbocycles. The van der Waals surface area contributed by atoms with Crippen LogP contribution in [0.4, 0.5) is 0 Å². The predicted octanol–water partition coefficient (Wildman–Crippen LogP) is 3.49. The number of ketones is 1. The highest BCUT2D eigenvalue weighted by molar-refractivity contribution is 6.05. The maximum Gasteiger partial charge on any atom is 0.197 e. The first-order chi connectivity index (χ1) is 11.0. The second kappa shape index (κ2) is 6.22. The van der Waals surface area contributed by atoms with Crippen LogP contribution in [0, 0.1) is 0 Å². The van der Waals surface area contributed by atoms with Crippen LogP contribution in [0.15, 0.2) is 23.4 Å². The van der Waals surface area contributed by atoms with E-state index in [-0.39, 0.29) is 11.9 Å². The van der Waals surface area contributed by atoms with Crippen molar-refractivity contribution in [3.63, 3.8) is 0 Å². The van der Waals surface area contributed by atoms with E-state index in [0.717, 1.165) is 35.6 Å². The summed E-state index contributed by atoms with van der Waals surface area (Å²) in [5.41, 5.74) is 0.812. The number of benzene rings is 1. The lowest BCUT2D eigenvalue weighted by molar-refractivity contribution is -0.136. The molecule has 0 spiro atoms. The second-order valence-electron chi connectivity index (χ2n) is 6.48. The number of hydrogen-bond donors (Lipinski definition) is 0. The van der Waals surface area contributed by atoms with E-state index in [1.807, 2.05) is 18.2 Å². The summed E-state index contributed by atoms with van der Waals surface area (Å²) in [5.74, 6) is 1.43. The van der Waals surface area contributed by atoms with E-state index in [2.05, 4.69) is 5.16 Å². The highest BCUT2D eigenvalue weighted by Crippen LogP contribution is 2.35. The van der Waals surface area contributed by atoms with Crippen LogP contribution in [-0.4, -0.2) is 30.3 Å². The first kappa shape index (κ1) is 15.8. The van der Waals surface area contributed by atoms with E-state index in [1.54, 1.807) is 14.0 Å². The standard InChI is InChI=1S/C18H23NO4/c1-12(20)18(2)11-15(19-23-18)13-8-9-16(21-3)17(10-13)22-14-6-4-5-7-14/h8-10,14H,4-7,11H2,1-3H3. The smallest absolute Gasteiger partial charge is 0.197 e. The van der Waals surface area contributed by atoms with Crippen molar-refractivity contribution in [2.75, 3.05) is 7.11 Å². The molecule has 1 aliphatic carbocycles. The monoisotopic (exact) mass is 317 g/mol. The van der Waals surface area contributed by atoms with Crippen LogP contribution in [0.25, 0.3) is 0 Å². The van der Waals surface area contributed by atoms with Crippen LogP contribution in [0.2, 0.25) is 0 Å². The van der Waals surface area contributed by atoms with Gasteiger partial charge in [0.25, 0.3) is 0 Å². The van der Waals surface area contributed by atoms with Gasteiger partial charge in [0.1, 0.15) is 0 Å². The Hall–Kier alpha value is -2.04. The molecule has 0 aromatic heterocycles. The van der Waals surface area contributed by atoms with E-state index in [9.17, 15) is 4.79 Å². The van der Waals surface area contributed by atoms with Gasteiger partial charge in [-0.25, -0.2) is 0 Å². The van der Waals surface area contributed by atoms with E-state index in [0.29, 0.717) is 6.42 Å². The topological polar surface area (TPSA) is 57.1 Å². The minimum absolute atomic E-state index is 0.0211. The fourth-order valence-corrected chi connectivity index (χ4v) is 3.02. The fraction of sp³-hybridized carbons (Fsp3) is 0.556. The molecule has 0 radical (unpaired) electrons. The molecule has 1 heterocycles. The number of methoxy groups -OCH3 is 1. The van der Waals surface area contributed by atoms with Crippen molar-refractivity contribution >= 4 is 11.5 Å². The lowest BCUT2D eigenvalue weighted by Gasteiger charge is -2.18. The summed E-state index contributed by atoms with van der Waals surface area (Å²) in [4.78, 5) is 17.1. The van der Waals surface area contributed by atoms with Gasteiger partial charge < -0.3 is 14.3 Å². The maximum absolute atomic E-state index is 11.7. The van der Waals surface area contributed by atoms with Gasteiger partial charge in [-0.05, 0) is 57.7 Å². The zero-order chi connectivity index (χ0) is 16.4. The summed E-state index contributed by atoms with van der Waals surface area (Å²) in [5, 5.41) is 4.11. The number of rotatable bonds is 5. The molecule has 1 atom stereocenters. The molecule has 1 saturated carbocycles. The number of Topliss-reactive ketones (excluding diaryl/α,β-unsaturated/α-hetero) is 1. The van der Waals surface area contributed by atoms with E-state index >= 15 is 0 Å². The molecule has 1 fully saturated rings. The van der Waals surface area contributed by atoms with Gasteiger partial charge in [0.2, 0.25) is 0 Å². The van der Waals surface area contributed by atoms with Crippen molar-refractivity contribution in [3.05, 3.63) is 23.8 Å². The third-order valence-corrected chi connectivity index (χ3v) is 4.70. The van der Waals surface area contributed by atoms with Crippen LogP contribution >= 0.6 is 0 Å². The molecule has 1 aromatic rings. The van der Waals surface area contributed by atoms with Gasteiger partial charge in [-0.2, -0.15) is 0 Å². The predicted molar refractivity (Wildman–Crippen MR) is 87.2 cm³/mol. The van der Waals surface area contributed by atoms with Gasteiger partial charge in [0, 0.05) is 12.0 Å². The third kappa shape index (κ3) is 3.19. The van der Waals surface area contributed by atoms with Gasteiger partial charge in [0.05, 0.1) is 18.9 Å². The number of nitrogens with zero attached hydrogens (tertiary/aromatic N) is 1. The molecule has 0 N–H and O–H groups in total. The average molecular weight is 317 g/mol. The van der Waals surface area contributed by atoms with Crippen molar-refractivity contribution in [3.8, 4) is 11.5 Å². The molecule has 2 aliphatic rings. The summed E-state index contributed by atoms with van der Waals surface area (Å²) in [6.45, 7) is 3.30. The molecule has 5 nitrogen and oxygen atoms in total. The lowest BCUT2D eigenvalue weighted by Crippen LogP contribution is -2.33. The van der Waals surface area contributed by atoms with Crippen molar-refractivity contribution in [2.24, 2.45) is 5.16 Å². The van der Waals surface area contributed by atoms with Gasteiger partial charge in [-0.3, -0.25) is 4.79 Å². The molecule has 0 amide bonds. The summed E-state index contributed by atoms with van der Waals surface area (Å²) in [7, 11) is 1.64. The van der Waals surface area contributed by atoms with E-state index < -0.39 is 5.60 Å². The van der Waals surface area contributed by atoms with Crippen LogP contribution in [-0.2, 0) is 9.63 Å². The largest absolute Gasteiger partial charge is 0.493 e. The second-order valence-corrected chi connectivity index (χ2v) is 6.48. The summed E-state index contributed by atoms with van der Waals surface area (Å²) < 4.78 is 11.5. The minimum atomic E-state index is -0.859. The molecule has 3 rings (SSSR count). The Morgan fingerprint density at radius 1 is 1.30 bits per heavy atom. The zero-order valence-corrected chi connectivity index (χ0v) is 13.9. The number of carbonyl (C=O) groups excluding carboxylic acids is 1. The van der Waals surface area contributed by atoms with Gasteiger partial charge in [0.15, 0.2) is 22.9 Å². The average Bonchev–Trinajstić information content (AvgIpc) is 3.18. The van der Waals surface area contributed by atoms with E-state index in [1.165, 1.54) is 19.8 Å². The van der Waals surface area contributed by atoms with E-state index in [4.69, 9.17) is 14.3 Å². The fourth-order valence-electron chi connectivity index (χ4n) is 3.02. The summed E-state index contributed by atoms with van der Waals surface area (Å²) in [6, 6.07) is 5.74. The van der Waals surface area contributed by atoms with Crippen LogP contribution < -0.4 is 9.47 Å². The number of hydrogen-bond acceptors (Lipinski definition) is 5. The van der Waals surface area contributed by atoms with Crippen LogP contribution in [0.3, 0.4) is 0 Å². The molecule has 1 aliphatic heterocycles. The minimum Gasteiger partial charge on any atom is -0.493 e. The number of carbonyl (C=O) groups is 1. The number of oxime groups is 1. The molecule has 1 unspecified atom stereocenters.